The van der Waals surface area contributed by atoms with Gasteiger partial charge in [-0.3, -0.25) is 38.4 Å². The number of carboxylic acid groups (broad SMARTS) is 1. The Hall–Kier alpha value is -7.37. The highest BCUT2D eigenvalue weighted by Crippen LogP contribution is 2.09. The number of aliphatic carboxylic acids is 1. The molecule has 0 aliphatic carbocycles. The Kier molecular flexibility index (Phi) is 19.3. The number of hydrogen-bond acceptors (Lipinski definition) is 9. The average Bonchev–Trinajstić information content (AvgIpc) is 3.23. The van der Waals surface area contributed by atoms with E-state index in [0.717, 1.165) is 12.2 Å². The number of nitrogens with one attached hydrogen (secondary N) is 7. The molecule has 5 atom stereocenters. The fourth-order valence-corrected chi connectivity index (χ4v) is 5.75. The van der Waals surface area contributed by atoms with Gasteiger partial charge < -0.3 is 48.1 Å². The second-order valence-electron chi connectivity index (χ2n) is 14.3. The van der Waals surface area contributed by atoms with Crippen LogP contribution in [0.2, 0.25) is 0 Å². The second kappa shape index (κ2) is 24.5. The van der Waals surface area contributed by atoms with Crippen LogP contribution in [0.4, 0.5) is 0 Å². The van der Waals surface area contributed by atoms with Crippen LogP contribution in [-0.4, -0.2) is 102 Å². The summed E-state index contributed by atoms with van der Waals surface area (Å²) in [7, 11) is 0. The lowest BCUT2D eigenvalue weighted by atomic mass is 10.0. The number of carbonyl (C=O) groups excluding carboxylic acids is 8. The van der Waals surface area contributed by atoms with Crippen molar-refractivity contribution in [1.29, 1.82) is 0 Å². The van der Waals surface area contributed by atoms with Gasteiger partial charge in [0.2, 0.25) is 47.3 Å². The first-order valence-electron chi connectivity index (χ1n) is 19.4. The molecule has 18 heteroatoms. The van der Waals surface area contributed by atoms with Crippen molar-refractivity contribution in [3.8, 4) is 0 Å². The van der Waals surface area contributed by atoms with E-state index in [1.165, 1.54) is 6.92 Å². The van der Waals surface area contributed by atoms with Crippen molar-refractivity contribution >= 4 is 53.2 Å². The molecule has 0 aliphatic heterocycles. The first-order valence-corrected chi connectivity index (χ1v) is 19.4. The normalized spacial score (nSPS) is 13.3. The fourth-order valence-electron chi connectivity index (χ4n) is 5.75. The molecule has 324 valence electrons. The van der Waals surface area contributed by atoms with Crippen LogP contribution in [0.5, 0.6) is 0 Å². The topological polar surface area (TPSA) is 284 Å². The number of carbonyl (C=O) groups is 9. The van der Waals surface area contributed by atoms with E-state index in [9.17, 15) is 48.3 Å². The third-order valence-corrected chi connectivity index (χ3v) is 9.03. The van der Waals surface area contributed by atoms with Crippen LogP contribution in [-0.2, 0) is 62.4 Å². The molecule has 0 bridgehead atoms. The predicted octanol–water partition coefficient (Wildman–Crippen LogP) is -0.827. The minimum atomic E-state index is -1.26. The summed E-state index contributed by atoms with van der Waals surface area (Å²) in [6.45, 7) is 3.66. The summed E-state index contributed by atoms with van der Waals surface area (Å²) in [5.41, 5.74) is 7.44. The van der Waals surface area contributed by atoms with E-state index in [2.05, 4.69) is 37.2 Å². The maximum absolute atomic E-state index is 13.9. The van der Waals surface area contributed by atoms with Gasteiger partial charge in [0.05, 0.1) is 13.1 Å². The third-order valence-electron chi connectivity index (χ3n) is 9.03. The van der Waals surface area contributed by atoms with E-state index in [4.69, 9.17) is 5.73 Å². The van der Waals surface area contributed by atoms with Crippen molar-refractivity contribution in [2.24, 2.45) is 11.7 Å². The number of primary amides is 1. The summed E-state index contributed by atoms with van der Waals surface area (Å²) < 4.78 is 0. The highest BCUT2D eigenvalue weighted by Gasteiger charge is 2.30. The highest BCUT2D eigenvalue weighted by atomic mass is 16.4. The zero-order valence-electron chi connectivity index (χ0n) is 34.0. The first kappa shape index (κ1) is 48.0. The fraction of sp³-hybridized carbons (Fsp3) is 0.326. The zero-order chi connectivity index (χ0) is 44.9. The van der Waals surface area contributed by atoms with E-state index in [-0.39, 0.29) is 25.2 Å². The van der Waals surface area contributed by atoms with Crippen LogP contribution >= 0.6 is 0 Å². The first-order chi connectivity index (χ1) is 29.0. The molecule has 0 saturated carbocycles. The molecule has 0 fully saturated rings. The summed E-state index contributed by atoms with van der Waals surface area (Å²) >= 11 is 0. The summed E-state index contributed by atoms with van der Waals surface area (Å²) in [6, 6.07) is 20.2. The third kappa shape index (κ3) is 17.6. The molecule has 0 spiro atoms. The standard InChI is InChI=1S/C43H52N8O10/c1-26(2)38(39(44)56)51-40(57)27(3)47-41(58)32(22-29-15-9-5-10-16-29)50-42(59)31(21-28-13-7-4-8-14-28)48-35(53)20-19-34(52)45-24-36(54)46-25-37(55)49-33(43(60)61)23-30-17-11-6-12-18-30/h4-20,26-27,31-33,38H,21-25H2,1-3H3,(H2,44,56)(H,45,52)(H,46,54)(H,47,58)(H,48,53)(H,49,55)(H,50,59)(H,51,57)(H,60,61)/b20-19+/t27-,31-,32-,33-,38-/m0/s1. The number of benzene rings is 3. The zero-order valence-corrected chi connectivity index (χ0v) is 34.0. The number of amides is 8. The molecular formula is C43H52N8O10. The molecule has 0 unspecified atom stereocenters. The summed E-state index contributed by atoms with van der Waals surface area (Å²) in [5.74, 6) is -7.73. The van der Waals surface area contributed by atoms with Crippen molar-refractivity contribution in [3.63, 3.8) is 0 Å². The van der Waals surface area contributed by atoms with Gasteiger partial charge in [-0.2, -0.15) is 0 Å². The Morgan fingerprint density at radius 3 is 1.44 bits per heavy atom. The molecule has 3 aromatic rings. The van der Waals surface area contributed by atoms with Gasteiger partial charge in [-0.05, 0) is 29.5 Å². The Balaban J connectivity index is 1.62. The molecule has 8 amide bonds. The van der Waals surface area contributed by atoms with Gasteiger partial charge in [0, 0.05) is 31.4 Å². The predicted molar refractivity (Wildman–Crippen MR) is 223 cm³/mol. The largest absolute Gasteiger partial charge is 0.480 e. The van der Waals surface area contributed by atoms with Crippen molar-refractivity contribution in [2.45, 2.75) is 70.2 Å². The van der Waals surface area contributed by atoms with Gasteiger partial charge >= 0.3 is 5.97 Å². The summed E-state index contributed by atoms with van der Waals surface area (Å²) in [6.07, 6.45) is 1.68. The van der Waals surface area contributed by atoms with Crippen LogP contribution in [0.3, 0.4) is 0 Å². The van der Waals surface area contributed by atoms with Crippen LogP contribution in [0.1, 0.15) is 37.5 Å². The van der Waals surface area contributed by atoms with Gasteiger partial charge in [-0.15, -0.1) is 0 Å². The second-order valence-corrected chi connectivity index (χ2v) is 14.3. The molecule has 0 aliphatic rings. The van der Waals surface area contributed by atoms with E-state index < -0.39 is 96.5 Å². The SMILES string of the molecule is CC(C)[C@H](NC(=O)[C@H](C)NC(=O)[C@H](Cc1ccccc1)NC(=O)[C@H](Cc1ccccc1)NC(=O)/C=C/C(=O)NCC(=O)NCC(=O)N[C@@H](Cc1ccccc1)C(=O)O)C(N)=O. The van der Waals surface area contributed by atoms with Gasteiger partial charge in [0.25, 0.3) is 0 Å². The minimum Gasteiger partial charge on any atom is -0.480 e. The van der Waals surface area contributed by atoms with Crippen LogP contribution in [0, 0.1) is 5.92 Å². The molecule has 0 radical (unpaired) electrons. The van der Waals surface area contributed by atoms with Crippen LogP contribution in [0.25, 0.3) is 0 Å². The van der Waals surface area contributed by atoms with Crippen molar-refractivity contribution in [1.82, 2.24) is 37.2 Å². The minimum absolute atomic E-state index is 0.00406. The Morgan fingerprint density at radius 2 is 0.967 bits per heavy atom. The number of nitrogens with two attached hydrogens (primary N) is 1. The number of rotatable bonds is 23. The van der Waals surface area contributed by atoms with E-state index in [1.807, 2.05) is 0 Å². The number of hydrogen-bond donors (Lipinski definition) is 9. The molecule has 10 N–H and O–H groups in total. The molecule has 3 aromatic carbocycles. The van der Waals surface area contributed by atoms with Crippen LogP contribution < -0.4 is 43.0 Å². The Labute approximate surface area is 352 Å². The molecule has 0 saturated heterocycles. The molecule has 0 aromatic heterocycles. The maximum Gasteiger partial charge on any atom is 0.326 e. The average molecular weight is 841 g/mol. The Morgan fingerprint density at radius 1 is 0.525 bits per heavy atom. The monoisotopic (exact) mass is 840 g/mol. The van der Waals surface area contributed by atoms with Crippen LogP contribution in [0.15, 0.2) is 103 Å². The van der Waals surface area contributed by atoms with Gasteiger partial charge in [0.1, 0.15) is 30.2 Å². The van der Waals surface area contributed by atoms with E-state index in [0.29, 0.717) is 16.7 Å². The van der Waals surface area contributed by atoms with Crippen molar-refractivity contribution < 1.29 is 48.3 Å². The molecule has 0 heterocycles. The molecule has 61 heavy (non-hydrogen) atoms. The van der Waals surface area contributed by atoms with Crippen molar-refractivity contribution in [3.05, 3.63) is 120 Å². The lowest BCUT2D eigenvalue weighted by Crippen LogP contribution is -2.58. The molecule has 3 rings (SSSR count). The van der Waals surface area contributed by atoms with Gasteiger partial charge in [-0.1, -0.05) is 105 Å². The highest BCUT2D eigenvalue weighted by molar-refractivity contribution is 6.00. The number of carboxylic acids is 1. The molecular weight excluding hydrogens is 789 g/mol. The quantitative estimate of drug-likeness (QED) is 0.0535. The lowest BCUT2D eigenvalue weighted by Gasteiger charge is -2.25. The van der Waals surface area contributed by atoms with E-state index in [1.54, 1.807) is 105 Å². The van der Waals surface area contributed by atoms with E-state index >= 15 is 0 Å². The Bertz CT molecular complexity index is 2030. The molecule has 18 nitrogen and oxygen atoms in total. The lowest BCUT2D eigenvalue weighted by molar-refractivity contribution is -0.141. The maximum atomic E-state index is 13.9. The van der Waals surface area contributed by atoms with Gasteiger partial charge in [0.15, 0.2) is 0 Å². The smallest absolute Gasteiger partial charge is 0.326 e. The van der Waals surface area contributed by atoms with Gasteiger partial charge in [-0.25, -0.2) is 4.79 Å². The summed E-state index contributed by atoms with van der Waals surface area (Å²) in [5, 5.41) is 26.7. The van der Waals surface area contributed by atoms with Crippen molar-refractivity contribution in [2.75, 3.05) is 13.1 Å². The summed E-state index contributed by atoms with van der Waals surface area (Å²) in [4.78, 5) is 114.